The Kier molecular flexibility index (Phi) is 36.2. The Morgan fingerprint density at radius 1 is 0.833 bits per heavy atom. The molecule has 0 radical (unpaired) electrons. The maximum absolute atomic E-state index is 3.95. The maximum atomic E-state index is 3.95. The van der Waals surface area contributed by atoms with Crippen LogP contribution in [-0.2, 0) is 0 Å². The van der Waals surface area contributed by atoms with Gasteiger partial charge in [0.25, 0.3) is 0 Å². The second-order valence-electron chi connectivity index (χ2n) is 3.98. The number of hydrogen-bond acceptors (Lipinski definition) is 0. The van der Waals surface area contributed by atoms with Crippen molar-refractivity contribution in [3.63, 3.8) is 0 Å². The van der Waals surface area contributed by atoms with Gasteiger partial charge in [0.05, 0.1) is 0 Å². The lowest BCUT2D eigenvalue weighted by molar-refractivity contribution is 0.472. The molecule has 0 rings (SSSR count). The first-order chi connectivity index (χ1) is 8.56. The fourth-order valence-electron chi connectivity index (χ4n) is 1.67. The van der Waals surface area contributed by atoms with Crippen LogP contribution in [0.4, 0.5) is 0 Å². The normalized spacial score (nSPS) is 7.78. The highest BCUT2D eigenvalue weighted by atomic mass is 14.1. The van der Waals surface area contributed by atoms with E-state index in [9.17, 15) is 0 Å². The van der Waals surface area contributed by atoms with Crippen molar-refractivity contribution in [3.05, 3.63) is 37.5 Å². The van der Waals surface area contributed by atoms with Gasteiger partial charge < -0.3 is 0 Å². The van der Waals surface area contributed by atoms with Crippen molar-refractivity contribution in [1.82, 2.24) is 0 Å². The first-order valence-electron chi connectivity index (χ1n) is 7.35. The Balaban J connectivity index is -0.000000141. The van der Waals surface area contributed by atoms with Gasteiger partial charge in [-0.3, -0.25) is 0 Å². The van der Waals surface area contributed by atoms with E-state index in [0.29, 0.717) is 0 Å². The van der Waals surface area contributed by atoms with Gasteiger partial charge in [-0.1, -0.05) is 58.6 Å². The summed E-state index contributed by atoms with van der Waals surface area (Å²) in [6.45, 7) is 28.4. The molecule has 0 unspecified atom stereocenters. The average Bonchev–Trinajstić information content (AvgIpc) is 2.35. The van der Waals surface area contributed by atoms with Crippen molar-refractivity contribution in [2.45, 2.75) is 74.1 Å². The first-order valence-corrected chi connectivity index (χ1v) is 7.35. The molecule has 0 N–H and O–H groups in total. The summed E-state index contributed by atoms with van der Waals surface area (Å²) in [6, 6.07) is 0. The number of allylic oxidation sites excluding steroid dienone is 2. The van der Waals surface area contributed by atoms with Gasteiger partial charge in [-0.05, 0) is 32.6 Å². The highest BCUT2D eigenvalue weighted by Crippen LogP contribution is 2.22. The molecule has 0 aromatic rings. The summed E-state index contributed by atoms with van der Waals surface area (Å²) < 4.78 is 0. The maximum Gasteiger partial charge on any atom is -0.0294 e. The van der Waals surface area contributed by atoms with Gasteiger partial charge in [-0.25, -0.2) is 0 Å². The van der Waals surface area contributed by atoms with Gasteiger partial charge >= 0.3 is 0 Å². The molecule has 0 aliphatic carbocycles. The molecule has 0 saturated carbocycles. The highest BCUT2D eigenvalue weighted by molar-refractivity contribution is 4.96. The standard InChI is InChI=1S/C12H22.2C2H6.C2H4/c1-6-7-12(8-10(2)3)9-11(4)5;3*1-2/h12H,2,4,6-9H2,1,3,5H3;2*1-2H3;1-2H2. The minimum atomic E-state index is 0.782. The fourth-order valence-corrected chi connectivity index (χ4v) is 1.67. The molecule has 0 heterocycles. The van der Waals surface area contributed by atoms with Gasteiger partial charge in [-0.15, -0.1) is 26.3 Å². The second kappa shape index (κ2) is 25.2. The molecule has 0 heteroatoms. The monoisotopic (exact) mass is 254 g/mol. The predicted octanol–water partition coefficient (Wildman–Crippen LogP) is 7.19. The molecule has 0 aromatic heterocycles. The van der Waals surface area contributed by atoms with Crippen LogP contribution in [0.1, 0.15) is 74.1 Å². The number of rotatable bonds is 6. The van der Waals surface area contributed by atoms with Gasteiger partial charge in [0.1, 0.15) is 0 Å². The van der Waals surface area contributed by atoms with Crippen molar-refractivity contribution in [1.29, 1.82) is 0 Å². The van der Waals surface area contributed by atoms with Gasteiger partial charge in [0.2, 0.25) is 0 Å². The third-order valence-electron chi connectivity index (χ3n) is 1.97. The molecular formula is C18H38. The molecule has 0 amide bonds. The van der Waals surface area contributed by atoms with Crippen LogP contribution >= 0.6 is 0 Å². The summed E-state index contributed by atoms with van der Waals surface area (Å²) >= 11 is 0. The van der Waals surface area contributed by atoms with Crippen LogP contribution < -0.4 is 0 Å². The van der Waals surface area contributed by atoms with Crippen molar-refractivity contribution >= 4 is 0 Å². The van der Waals surface area contributed by atoms with E-state index in [1.54, 1.807) is 0 Å². The van der Waals surface area contributed by atoms with E-state index in [-0.39, 0.29) is 0 Å². The summed E-state index contributed by atoms with van der Waals surface area (Å²) in [5.41, 5.74) is 2.60. The quantitative estimate of drug-likeness (QED) is 0.440. The molecule has 0 aliphatic rings. The SMILES string of the molecule is C=C.C=C(C)CC(CCC)CC(=C)C.CC.CC. The molecule has 0 spiro atoms. The van der Waals surface area contributed by atoms with E-state index in [1.807, 2.05) is 27.7 Å². The Hall–Kier alpha value is -0.780. The van der Waals surface area contributed by atoms with E-state index >= 15 is 0 Å². The van der Waals surface area contributed by atoms with Crippen molar-refractivity contribution < 1.29 is 0 Å². The zero-order chi connectivity index (χ0) is 15.6. The Labute approximate surface area is 118 Å². The number of hydrogen-bond donors (Lipinski definition) is 0. The Morgan fingerprint density at radius 3 is 1.28 bits per heavy atom. The third-order valence-corrected chi connectivity index (χ3v) is 1.97. The smallest absolute Gasteiger partial charge is 0.0294 e. The summed E-state index contributed by atoms with van der Waals surface area (Å²) in [5, 5.41) is 0. The minimum absolute atomic E-state index is 0.782. The molecule has 0 nitrogen and oxygen atoms in total. The van der Waals surface area contributed by atoms with Gasteiger partial charge in [0, 0.05) is 0 Å². The van der Waals surface area contributed by atoms with Crippen LogP contribution in [0, 0.1) is 5.92 Å². The first kappa shape index (κ1) is 25.9. The van der Waals surface area contributed by atoms with Crippen LogP contribution in [-0.4, -0.2) is 0 Å². The summed E-state index contributed by atoms with van der Waals surface area (Å²) in [6.07, 6.45) is 4.91. The summed E-state index contributed by atoms with van der Waals surface area (Å²) in [5.74, 6) is 0.782. The molecule has 0 atom stereocenters. The topological polar surface area (TPSA) is 0 Å². The van der Waals surface area contributed by atoms with Crippen molar-refractivity contribution in [3.8, 4) is 0 Å². The van der Waals surface area contributed by atoms with Gasteiger partial charge in [-0.2, -0.15) is 0 Å². The Morgan fingerprint density at radius 2 is 1.11 bits per heavy atom. The lowest BCUT2D eigenvalue weighted by Crippen LogP contribution is -2.00. The third kappa shape index (κ3) is 29.5. The average molecular weight is 255 g/mol. The molecule has 0 aliphatic heterocycles. The van der Waals surface area contributed by atoms with E-state index in [4.69, 9.17) is 0 Å². The highest BCUT2D eigenvalue weighted by Gasteiger charge is 2.07. The van der Waals surface area contributed by atoms with E-state index in [2.05, 4.69) is 47.1 Å². The molecular weight excluding hydrogens is 216 g/mol. The zero-order valence-electron chi connectivity index (χ0n) is 14.2. The molecule has 0 aromatic carbocycles. The van der Waals surface area contributed by atoms with Crippen molar-refractivity contribution in [2.75, 3.05) is 0 Å². The van der Waals surface area contributed by atoms with Crippen LogP contribution in [0.5, 0.6) is 0 Å². The van der Waals surface area contributed by atoms with E-state index < -0.39 is 0 Å². The Bertz CT molecular complexity index is 149. The molecule has 18 heavy (non-hydrogen) atoms. The minimum Gasteiger partial charge on any atom is -0.106 e. The van der Waals surface area contributed by atoms with Crippen molar-refractivity contribution in [2.24, 2.45) is 5.92 Å². The molecule has 110 valence electrons. The molecule has 0 saturated heterocycles. The van der Waals surface area contributed by atoms with Crippen LogP contribution in [0.15, 0.2) is 37.5 Å². The summed E-state index contributed by atoms with van der Waals surface area (Å²) in [4.78, 5) is 0. The van der Waals surface area contributed by atoms with E-state index in [0.717, 1.165) is 5.92 Å². The predicted molar refractivity (Wildman–Crippen MR) is 91.2 cm³/mol. The molecule has 0 bridgehead atoms. The summed E-state index contributed by atoms with van der Waals surface area (Å²) in [7, 11) is 0. The zero-order valence-corrected chi connectivity index (χ0v) is 14.2. The second-order valence-corrected chi connectivity index (χ2v) is 3.98. The lowest BCUT2D eigenvalue weighted by atomic mass is 9.91. The lowest BCUT2D eigenvalue weighted by Gasteiger charge is -2.15. The van der Waals surface area contributed by atoms with E-state index in [1.165, 1.54) is 36.8 Å². The molecule has 0 fully saturated rings. The van der Waals surface area contributed by atoms with Crippen LogP contribution in [0.3, 0.4) is 0 Å². The van der Waals surface area contributed by atoms with Crippen LogP contribution in [0.2, 0.25) is 0 Å². The van der Waals surface area contributed by atoms with Crippen LogP contribution in [0.25, 0.3) is 0 Å². The fraction of sp³-hybridized carbons (Fsp3) is 0.667. The van der Waals surface area contributed by atoms with Gasteiger partial charge in [0.15, 0.2) is 0 Å². The largest absolute Gasteiger partial charge is 0.106 e.